The molecule has 2 aromatic carbocycles. The number of anilines is 1. The van der Waals surface area contributed by atoms with Crippen molar-refractivity contribution >= 4 is 16.7 Å². The van der Waals surface area contributed by atoms with Gasteiger partial charge < -0.3 is 14.4 Å². The van der Waals surface area contributed by atoms with Crippen molar-refractivity contribution in [1.82, 2.24) is 25.0 Å². The second-order valence-electron chi connectivity index (χ2n) is 8.56. The van der Waals surface area contributed by atoms with Crippen LogP contribution in [0, 0.1) is 6.92 Å². The zero-order valence-corrected chi connectivity index (χ0v) is 19.7. The van der Waals surface area contributed by atoms with Gasteiger partial charge in [-0.05, 0) is 48.4 Å². The van der Waals surface area contributed by atoms with Gasteiger partial charge in [-0.3, -0.25) is 5.10 Å². The molecular formula is C27H26N6O2. The molecule has 0 atom stereocenters. The minimum atomic E-state index is 0.519. The molecular weight excluding hydrogens is 440 g/mol. The van der Waals surface area contributed by atoms with Crippen LogP contribution < -0.4 is 9.64 Å². The second kappa shape index (κ2) is 8.88. The Kier molecular flexibility index (Phi) is 5.42. The highest BCUT2D eigenvalue weighted by molar-refractivity contribution is 5.97. The van der Waals surface area contributed by atoms with E-state index in [-0.39, 0.29) is 0 Å². The standard InChI is InChI=1S/C27H26N6O2/c1-18-26-22(19-8-10-20(11-9-19)32-12-14-35-15-13-32)16-23(24-17-25(34-2)30-29-24)28-27(26)33(31-18)21-6-4-3-5-7-21/h3-11,16-17H,12-15H2,1-2H3,(H,29,30). The number of pyridine rings is 1. The van der Waals surface area contributed by atoms with E-state index < -0.39 is 0 Å². The zero-order valence-electron chi connectivity index (χ0n) is 19.7. The first-order chi connectivity index (χ1) is 17.2. The summed E-state index contributed by atoms with van der Waals surface area (Å²) in [5, 5.41) is 13.2. The number of morpholine rings is 1. The number of nitrogens with zero attached hydrogens (tertiary/aromatic N) is 5. The van der Waals surface area contributed by atoms with Crippen LogP contribution in [0.3, 0.4) is 0 Å². The molecule has 8 heteroatoms. The Morgan fingerprint density at radius 2 is 1.71 bits per heavy atom. The van der Waals surface area contributed by atoms with Crippen LogP contribution in [0.15, 0.2) is 66.7 Å². The lowest BCUT2D eigenvalue weighted by molar-refractivity contribution is 0.122. The molecule has 0 unspecified atom stereocenters. The zero-order chi connectivity index (χ0) is 23.8. The molecule has 5 aromatic rings. The van der Waals surface area contributed by atoms with E-state index in [0.717, 1.165) is 71.2 Å². The smallest absolute Gasteiger partial charge is 0.232 e. The van der Waals surface area contributed by atoms with E-state index in [0.29, 0.717) is 5.88 Å². The van der Waals surface area contributed by atoms with Gasteiger partial charge in [0.2, 0.25) is 5.88 Å². The molecule has 1 aliphatic heterocycles. The minimum Gasteiger partial charge on any atom is -0.480 e. The number of benzene rings is 2. The number of methoxy groups -OCH3 is 1. The summed E-state index contributed by atoms with van der Waals surface area (Å²) in [6, 6.07) is 22.8. The normalized spacial score (nSPS) is 13.9. The van der Waals surface area contributed by atoms with E-state index >= 15 is 0 Å². The van der Waals surface area contributed by atoms with Gasteiger partial charge in [0, 0.05) is 24.8 Å². The lowest BCUT2D eigenvalue weighted by atomic mass is 10.00. The maximum absolute atomic E-state index is 5.50. The summed E-state index contributed by atoms with van der Waals surface area (Å²) in [5.41, 5.74) is 7.64. The Hall–Kier alpha value is -4.17. The molecule has 0 spiro atoms. The van der Waals surface area contributed by atoms with Gasteiger partial charge in [-0.1, -0.05) is 30.3 Å². The summed E-state index contributed by atoms with van der Waals surface area (Å²) in [4.78, 5) is 7.38. The van der Waals surface area contributed by atoms with Crippen molar-refractivity contribution in [2.75, 3.05) is 38.3 Å². The van der Waals surface area contributed by atoms with Crippen LogP contribution in [0.1, 0.15) is 5.69 Å². The van der Waals surface area contributed by atoms with Crippen molar-refractivity contribution in [3.63, 3.8) is 0 Å². The SMILES string of the molecule is COc1cc(-c2cc(-c3ccc(N4CCOCC4)cc3)c3c(C)nn(-c4ccccc4)c3n2)[nH]n1. The van der Waals surface area contributed by atoms with Gasteiger partial charge in [0.05, 0.1) is 48.5 Å². The maximum Gasteiger partial charge on any atom is 0.232 e. The molecule has 176 valence electrons. The fourth-order valence-electron chi connectivity index (χ4n) is 4.62. The van der Waals surface area contributed by atoms with Crippen molar-refractivity contribution in [3.8, 4) is 34.1 Å². The number of hydrogen-bond donors (Lipinski definition) is 1. The van der Waals surface area contributed by atoms with Crippen LogP contribution in [0.25, 0.3) is 39.2 Å². The number of hydrogen-bond acceptors (Lipinski definition) is 6. The van der Waals surface area contributed by atoms with Gasteiger partial charge in [-0.15, -0.1) is 5.10 Å². The molecule has 0 bridgehead atoms. The number of aromatic nitrogens is 5. The lowest BCUT2D eigenvalue weighted by Gasteiger charge is -2.29. The van der Waals surface area contributed by atoms with Crippen LogP contribution in [0.4, 0.5) is 5.69 Å². The summed E-state index contributed by atoms with van der Waals surface area (Å²) in [5.74, 6) is 0.519. The van der Waals surface area contributed by atoms with E-state index in [2.05, 4.69) is 45.4 Å². The Bertz CT molecular complexity index is 1470. The highest BCUT2D eigenvalue weighted by atomic mass is 16.5. The van der Waals surface area contributed by atoms with Crippen LogP contribution >= 0.6 is 0 Å². The molecule has 35 heavy (non-hydrogen) atoms. The number of para-hydroxylation sites is 1. The first kappa shape index (κ1) is 21.4. The molecule has 1 saturated heterocycles. The van der Waals surface area contributed by atoms with Crippen LogP contribution in [-0.4, -0.2) is 58.4 Å². The van der Waals surface area contributed by atoms with Crippen molar-refractivity contribution < 1.29 is 9.47 Å². The number of nitrogens with one attached hydrogen (secondary N) is 1. The Balaban J connectivity index is 1.53. The molecule has 8 nitrogen and oxygen atoms in total. The summed E-state index contributed by atoms with van der Waals surface area (Å²) < 4.78 is 12.7. The molecule has 1 fully saturated rings. The highest BCUT2D eigenvalue weighted by Gasteiger charge is 2.19. The number of aromatic amines is 1. The van der Waals surface area contributed by atoms with Crippen molar-refractivity contribution in [3.05, 3.63) is 72.4 Å². The van der Waals surface area contributed by atoms with E-state index in [4.69, 9.17) is 19.6 Å². The molecule has 4 heterocycles. The third kappa shape index (κ3) is 3.91. The number of fused-ring (bicyclic) bond motifs is 1. The lowest BCUT2D eigenvalue weighted by Crippen LogP contribution is -2.36. The topological polar surface area (TPSA) is 81.1 Å². The molecule has 6 rings (SSSR count). The largest absolute Gasteiger partial charge is 0.480 e. The quantitative estimate of drug-likeness (QED) is 0.407. The fourth-order valence-corrected chi connectivity index (χ4v) is 4.62. The van der Waals surface area contributed by atoms with Crippen LogP contribution in [-0.2, 0) is 4.74 Å². The number of ether oxygens (including phenoxy) is 2. The predicted octanol–water partition coefficient (Wildman–Crippen LogP) is 4.63. The van der Waals surface area contributed by atoms with Gasteiger partial charge in [0.15, 0.2) is 5.65 Å². The molecule has 0 saturated carbocycles. The fraction of sp³-hybridized carbons (Fsp3) is 0.222. The number of H-pyrrole nitrogens is 1. The average molecular weight is 467 g/mol. The third-order valence-corrected chi connectivity index (χ3v) is 6.41. The monoisotopic (exact) mass is 466 g/mol. The molecule has 3 aromatic heterocycles. The molecule has 1 aliphatic rings. The summed E-state index contributed by atoms with van der Waals surface area (Å²) in [6.07, 6.45) is 0. The number of aryl methyl sites for hydroxylation is 1. The summed E-state index contributed by atoms with van der Waals surface area (Å²) in [6.45, 7) is 5.39. The van der Waals surface area contributed by atoms with Crippen LogP contribution in [0.2, 0.25) is 0 Å². The first-order valence-corrected chi connectivity index (χ1v) is 11.7. The average Bonchev–Trinajstić information content (AvgIpc) is 3.54. The molecule has 0 radical (unpaired) electrons. The van der Waals surface area contributed by atoms with Crippen molar-refractivity contribution in [2.24, 2.45) is 0 Å². The second-order valence-corrected chi connectivity index (χ2v) is 8.56. The maximum atomic E-state index is 5.50. The first-order valence-electron chi connectivity index (χ1n) is 11.7. The Morgan fingerprint density at radius 1 is 0.943 bits per heavy atom. The summed E-state index contributed by atoms with van der Waals surface area (Å²) in [7, 11) is 1.60. The van der Waals surface area contributed by atoms with Gasteiger partial charge in [-0.25, -0.2) is 9.67 Å². The van der Waals surface area contributed by atoms with E-state index in [1.54, 1.807) is 7.11 Å². The van der Waals surface area contributed by atoms with Crippen molar-refractivity contribution in [1.29, 1.82) is 0 Å². The van der Waals surface area contributed by atoms with Crippen LogP contribution in [0.5, 0.6) is 5.88 Å². The van der Waals surface area contributed by atoms with E-state index in [9.17, 15) is 0 Å². The Morgan fingerprint density at radius 3 is 2.43 bits per heavy atom. The predicted molar refractivity (Wildman–Crippen MR) is 136 cm³/mol. The van der Waals surface area contributed by atoms with E-state index in [1.165, 1.54) is 5.69 Å². The van der Waals surface area contributed by atoms with E-state index in [1.807, 2.05) is 48.0 Å². The van der Waals surface area contributed by atoms with Gasteiger partial charge >= 0.3 is 0 Å². The minimum absolute atomic E-state index is 0.519. The highest BCUT2D eigenvalue weighted by Crippen LogP contribution is 2.35. The number of rotatable bonds is 5. The van der Waals surface area contributed by atoms with Gasteiger partial charge in [0.1, 0.15) is 0 Å². The molecule has 0 amide bonds. The third-order valence-electron chi connectivity index (χ3n) is 6.41. The van der Waals surface area contributed by atoms with Gasteiger partial charge in [0.25, 0.3) is 0 Å². The molecule has 0 aliphatic carbocycles. The van der Waals surface area contributed by atoms with Crippen molar-refractivity contribution in [2.45, 2.75) is 6.92 Å². The van der Waals surface area contributed by atoms with Gasteiger partial charge in [-0.2, -0.15) is 5.10 Å². The Labute approximate surface area is 203 Å². The molecule has 1 N–H and O–H groups in total. The summed E-state index contributed by atoms with van der Waals surface area (Å²) >= 11 is 0.